The Morgan fingerprint density at radius 3 is 2.36 bits per heavy atom. The smallest absolute Gasteiger partial charge is 0.410 e. The average Bonchev–Trinajstić information content (AvgIpc) is 3.16. The number of piperidine rings is 1. The summed E-state index contributed by atoms with van der Waals surface area (Å²) in [4.78, 5) is 25.1. The Hall–Kier alpha value is -1.30. The maximum Gasteiger partial charge on any atom is 0.410 e. The number of carbonyl (C=O) groups is 2. The van der Waals surface area contributed by atoms with Gasteiger partial charge in [-0.1, -0.05) is 6.92 Å². The Balaban J connectivity index is 1.99. The minimum atomic E-state index is -0.917. The zero-order valence-corrected chi connectivity index (χ0v) is 14.0. The van der Waals surface area contributed by atoms with Gasteiger partial charge in [-0.2, -0.15) is 0 Å². The first-order valence-corrected chi connectivity index (χ1v) is 8.03. The van der Waals surface area contributed by atoms with Gasteiger partial charge in [0.1, 0.15) is 11.6 Å². The molecule has 1 aliphatic carbocycles. The summed E-state index contributed by atoms with van der Waals surface area (Å²) in [5.74, 6) is -0.425. The molecule has 3 atom stereocenters. The van der Waals surface area contributed by atoms with Crippen molar-refractivity contribution in [2.45, 2.75) is 58.6 Å². The van der Waals surface area contributed by atoms with Gasteiger partial charge in [0, 0.05) is 13.1 Å². The van der Waals surface area contributed by atoms with Gasteiger partial charge in [0.05, 0.1) is 0 Å². The maximum atomic E-state index is 12.2. The Bertz CT molecular complexity index is 454. The normalized spacial score (nSPS) is 28.9. The third kappa shape index (κ3) is 3.37. The van der Waals surface area contributed by atoms with Gasteiger partial charge in [-0.3, -0.25) is 4.79 Å². The molecule has 1 aliphatic heterocycles. The van der Waals surface area contributed by atoms with Crippen LogP contribution in [0.15, 0.2) is 0 Å². The third-order valence-corrected chi connectivity index (χ3v) is 5.01. The fourth-order valence-electron chi connectivity index (χ4n) is 3.79. The van der Waals surface area contributed by atoms with Crippen molar-refractivity contribution in [3.8, 4) is 0 Å². The summed E-state index contributed by atoms with van der Waals surface area (Å²) in [5.41, 5.74) is 5.15. The van der Waals surface area contributed by atoms with Crippen LogP contribution in [0.3, 0.4) is 0 Å². The molecule has 0 aromatic rings. The van der Waals surface area contributed by atoms with Gasteiger partial charge in [-0.05, 0) is 57.3 Å². The van der Waals surface area contributed by atoms with Crippen molar-refractivity contribution >= 4 is 12.1 Å². The number of carboxylic acids is 1. The van der Waals surface area contributed by atoms with Crippen LogP contribution in [0.1, 0.15) is 47.0 Å². The molecule has 0 bridgehead atoms. The van der Waals surface area contributed by atoms with Crippen molar-refractivity contribution in [2.75, 3.05) is 13.1 Å². The fraction of sp³-hybridized carbons (Fsp3) is 0.875. The molecular weight excluding hydrogens is 284 g/mol. The second kappa shape index (κ2) is 5.72. The SMILES string of the molecule is CC1CN(C(=O)OC(C)(C)C)CCC1C1(C(N)C(=O)O)CC1. The van der Waals surface area contributed by atoms with Gasteiger partial charge in [-0.25, -0.2) is 4.79 Å². The minimum Gasteiger partial charge on any atom is -0.480 e. The number of carbonyl (C=O) groups excluding carboxylic acids is 1. The van der Waals surface area contributed by atoms with Crippen molar-refractivity contribution in [3.63, 3.8) is 0 Å². The molecule has 1 amide bonds. The number of aliphatic carboxylic acids is 1. The first kappa shape index (κ1) is 17.1. The Morgan fingerprint density at radius 1 is 1.36 bits per heavy atom. The molecule has 6 nitrogen and oxygen atoms in total. The van der Waals surface area contributed by atoms with Crippen LogP contribution in [0.25, 0.3) is 0 Å². The summed E-state index contributed by atoms with van der Waals surface area (Å²) in [6, 6.07) is -0.798. The number of nitrogens with zero attached hydrogens (tertiary/aromatic N) is 1. The second-order valence-corrected chi connectivity index (χ2v) is 7.85. The molecule has 0 aromatic heterocycles. The van der Waals surface area contributed by atoms with E-state index >= 15 is 0 Å². The zero-order valence-electron chi connectivity index (χ0n) is 14.0. The second-order valence-electron chi connectivity index (χ2n) is 7.85. The van der Waals surface area contributed by atoms with Crippen LogP contribution in [0.5, 0.6) is 0 Å². The van der Waals surface area contributed by atoms with Crippen molar-refractivity contribution in [3.05, 3.63) is 0 Å². The van der Waals surface area contributed by atoms with E-state index in [1.807, 2.05) is 20.8 Å². The predicted molar refractivity (Wildman–Crippen MR) is 82.4 cm³/mol. The molecule has 126 valence electrons. The van der Waals surface area contributed by atoms with Crippen molar-refractivity contribution in [1.82, 2.24) is 4.90 Å². The molecule has 1 heterocycles. The van der Waals surface area contributed by atoms with Crippen molar-refractivity contribution in [2.24, 2.45) is 23.0 Å². The highest BCUT2D eigenvalue weighted by Crippen LogP contribution is 2.58. The lowest BCUT2D eigenvalue weighted by molar-refractivity contribution is -0.141. The van der Waals surface area contributed by atoms with E-state index in [0.717, 1.165) is 19.3 Å². The van der Waals surface area contributed by atoms with Crippen LogP contribution in [0.4, 0.5) is 4.79 Å². The molecule has 0 radical (unpaired) electrons. The fourth-order valence-corrected chi connectivity index (χ4v) is 3.79. The molecule has 22 heavy (non-hydrogen) atoms. The van der Waals surface area contributed by atoms with Crippen LogP contribution in [-0.2, 0) is 9.53 Å². The molecule has 1 saturated carbocycles. The number of amides is 1. The highest BCUT2D eigenvalue weighted by molar-refractivity contribution is 5.75. The molecule has 0 spiro atoms. The summed E-state index contributed by atoms with van der Waals surface area (Å²) in [5, 5.41) is 9.23. The van der Waals surface area contributed by atoms with E-state index in [1.165, 1.54) is 0 Å². The van der Waals surface area contributed by atoms with E-state index < -0.39 is 17.6 Å². The van der Waals surface area contributed by atoms with Gasteiger partial charge in [0.2, 0.25) is 0 Å². The highest BCUT2D eigenvalue weighted by atomic mass is 16.6. The van der Waals surface area contributed by atoms with E-state index in [2.05, 4.69) is 6.92 Å². The Morgan fingerprint density at radius 2 is 1.95 bits per heavy atom. The highest BCUT2D eigenvalue weighted by Gasteiger charge is 2.58. The predicted octanol–water partition coefficient (Wildman–Crippen LogP) is 2.07. The summed E-state index contributed by atoms with van der Waals surface area (Å²) in [7, 11) is 0. The van der Waals surface area contributed by atoms with Gasteiger partial charge in [-0.15, -0.1) is 0 Å². The van der Waals surface area contributed by atoms with Gasteiger partial charge in [0.15, 0.2) is 0 Å². The summed E-state index contributed by atoms with van der Waals surface area (Å²) in [6.45, 7) is 8.85. The number of rotatable bonds is 3. The average molecular weight is 312 g/mol. The lowest BCUT2D eigenvalue weighted by atomic mass is 9.72. The molecule has 2 fully saturated rings. The van der Waals surface area contributed by atoms with Crippen molar-refractivity contribution < 1.29 is 19.4 Å². The van der Waals surface area contributed by atoms with E-state index in [1.54, 1.807) is 4.90 Å². The number of hydrogen-bond donors (Lipinski definition) is 2. The Kier molecular flexibility index (Phi) is 4.44. The molecule has 6 heteroatoms. The monoisotopic (exact) mass is 312 g/mol. The number of hydrogen-bond acceptors (Lipinski definition) is 4. The minimum absolute atomic E-state index is 0.231. The van der Waals surface area contributed by atoms with Crippen LogP contribution < -0.4 is 5.73 Å². The number of carboxylic acid groups (broad SMARTS) is 1. The maximum absolute atomic E-state index is 12.2. The van der Waals surface area contributed by atoms with E-state index in [0.29, 0.717) is 13.1 Å². The number of likely N-dealkylation sites (tertiary alicyclic amines) is 1. The van der Waals surface area contributed by atoms with Crippen molar-refractivity contribution in [1.29, 1.82) is 0 Å². The van der Waals surface area contributed by atoms with E-state index in [9.17, 15) is 14.7 Å². The summed E-state index contributed by atoms with van der Waals surface area (Å²) >= 11 is 0. The van der Waals surface area contributed by atoms with E-state index in [-0.39, 0.29) is 23.3 Å². The molecular formula is C16H28N2O4. The first-order valence-electron chi connectivity index (χ1n) is 8.03. The van der Waals surface area contributed by atoms with Crippen LogP contribution in [-0.4, -0.2) is 46.8 Å². The third-order valence-electron chi connectivity index (χ3n) is 5.01. The lowest BCUT2D eigenvalue weighted by Gasteiger charge is -2.42. The van der Waals surface area contributed by atoms with Crippen LogP contribution >= 0.6 is 0 Å². The summed E-state index contributed by atoms with van der Waals surface area (Å²) in [6.07, 6.45) is 2.26. The van der Waals surface area contributed by atoms with Gasteiger partial charge in [0.25, 0.3) is 0 Å². The number of nitrogens with two attached hydrogens (primary N) is 1. The van der Waals surface area contributed by atoms with Crippen LogP contribution in [0.2, 0.25) is 0 Å². The topological polar surface area (TPSA) is 92.9 Å². The molecule has 3 N–H and O–H groups in total. The van der Waals surface area contributed by atoms with Crippen LogP contribution in [0, 0.1) is 17.3 Å². The van der Waals surface area contributed by atoms with Gasteiger partial charge >= 0.3 is 12.1 Å². The number of ether oxygens (including phenoxy) is 1. The molecule has 2 rings (SSSR count). The zero-order chi connectivity index (χ0) is 16.7. The van der Waals surface area contributed by atoms with Gasteiger partial charge < -0.3 is 20.5 Å². The molecule has 2 aliphatic rings. The standard InChI is InChI=1S/C16H28N2O4/c1-10-9-18(14(21)22-15(2,3)4)8-5-11(10)16(6-7-16)12(17)13(19)20/h10-12H,5-9,17H2,1-4H3,(H,19,20). The Labute approximate surface area is 132 Å². The van der Waals surface area contributed by atoms with E-state index in [4.69, 9.17) is 10.5 Å². The largest absolute Gasteiger partial charge is 0.480 e. The quantitative estimate of drug-likeness (QED) is 0.832. The first-order chi connectivity index (χ1) is 10.1. The lowest BCUT2D eigenvalue weighted by Crippen LogP contribution is -2.51. The molecule has 1 saturated heterocycles. The molecule has 0 aromatic carbocycles. The summed E-state index contributed by atoms with van der Waals surface area (Å²) < 4.78 is 5.42. The molecule has 3 unspecified atom stereocenters.